The number of rotatable bonds is 8. The number of nitrogens with zero attached hydrogens (tertiary/aromatic N) is 1. The lowest BCUT2D eigenvalue weighted by atomic mass is 10.0. The minimum atomic E-state index is 0.231. The molecule has 1 unspecified atom stereocenters. The Labute approximate surface area is 111 Å². The van der Waals surface area contributed by atoms with E-state index >= 15 is 0 Å². The van der Waals surface area contributed by atoms with Gasteiger partial charge in [0.25, 0.3) is 0 Å². The molecule has 106 valence electrons. The molecule has 1 atom stereocenters. The maximum absolute atomic E-state index is 11.9. The Balaban J connectivity index is 2.16. The normalized spacial score (nSPS) is 17.8. The van der Waals surface area contributed by atoms with Crippen LogP contribution in [-0.4, -0.2) is 48.7 Å². The number of hydrogen-bond donors (Lipinski definition) is 2. The number of aliphatic hydroxyl groups is 1. The van der Waals surface area contributed by atoms with Crippen LogP contribution in [0.1, 0.15) is 45.4 Å². The third kappa shape index (κ3) is 5.83. The second-order valence-electron chi connectivity index (χ2n) is 5.24. The molecule has 1 rings (SSSR count). The van der Waals surface area contributed by atoms with Gasteiger partial charge in [-0.3, -0.25) is 4.79 Å². The van der Waals surface area contributed by atoms with E-state index in [0.29, 0.717) is 12.5 Å². The summed E-state index contributed by atoms with van der Waals surface area (Å²) in [5.74, 6) is 0.725. The molecule has 0 aromatic carbocycles. The average Bonchev–Trinajstić information content (AvgIpc) is 2.40. The third-order valence-corrected chi connectivity index (χ3v) is 3.65. The lowest BCUT2D eigenvalue weighted by Crippen LogP contribution is -2.42. The van der Waals surface area contributed by atoms with Gasteiger partial charge in [0.05, 0.1) is 6.54 Å². The van der Waals surface area contributed by atoms with Crippen LogP contribution in [0.3, 0.4) is 0 Å². The van der Waals surface area contributed by atoms with Gasteiger partial charge in [-0.2, -0.15) is 0 Å². The highest BCUT2D eigenvalue weighted by Crippen LogP contribution is 2.10. The first-order valence-corrected chi connectivity index (χ1v) is 7.37. The summed E-state index contributed by atoms with van der Waals surface area (Å²) in [7, 11) is 0. The van der Waals surface area contributed by atoms with Gasteiger partial charge in [0.2, 0.25) is 5.91 Å². The first-order chi connectivity index (χ1) is 8.77. The van der Waals surface area contributed by atoms with Gasteiger partial charge in [0.15, 0.2) is 0 Å². The van der Waals surface area contributed by atoms with Gasteiger partial charge in [0.1, 0.15) is 0 Å². The SMILES string of the molecule is CCCC(CCO)CNCC(=O)N1CCCCC1. The molecule has 4 heteroatoms. The summed E-state index contributed by atoms with van der Waals surface area (Å²) in [6.07, 6.45) is 6.63. The Bertz CT molecular complexity index is 222. The zero-order chi connectivity index (χ0) is 13.2. The van der Waals surface area contributed by atoms with E-state index < -0.39 is 0 Å². The number of nitrogens with one attached hydrogen (secondary N) is 1. The van der Waals surface area contributed by atoms with Crippen molar-refractivity contribution in [3.05, 3.63) is 0 Å². The average molecular weight is 256 g/mol. The molecule has 18 heavy (non-hydrogen) atoms. The molecule has 0 aliphatic carbocycles. The highest BCUT2D eigenvalue weighted by molar-refractivity contribution is 5.78. The zero-order valence-corrected chi connectivity index (χ0v) is 11.7. The van der Waals surface area contributed by atoms with Crippen LogP contribution in [0.4, 0.5) is 0 Å². The fourth-order valence-electron chi connectivity index (χ4n) is 2.58. The molecule has 0 aromatic heterocycles. The number of carbonyl (C=O) groups is 1. The Kier molecular flexibility index (Phi) is 8.01. The molecule has 1 fully saturated rings. The number of piperidine rings is 1. The van der Waals surface area contributed by atoms with Crippen LogP contribution in [0.25, 0.3) is 0 Å². The Hall–Kier alpha value is -0.610. The van der Waals surface area contributed by atoms with Crippen molar-refractivity contribution in [1.82, 2.24) is 10.2 Å². The summed E-state index contributed by atoms with van der Waals surface area (Å²) in [4.78, 5) is 13.9. The Morgan fingerprint density at radius 3 is 2.61 bits per heavy atom. The van der Waals surface area contributed by atoms with Crippen molar-refractivity contribution in [3.8, 4) is 0 Å². The van der Waals surface area contributed by atoms with Gasteiger partial charge in [-0.05, 0) is 44.6 Å². The summed E-state index contributed by atoms with van der Waals surface area (Å²) >= 11 is 0. The van der Waals surface area contributed by atoms with Crippen molar-refractivity contribution in [3.63, 3.8) is 0 Å². The lowest BCUT2D eigenvalue weighted by Gasteiger charge is -2.27. The Morgan fingerprint density at radius 1 is 1.28 bits per heavy atom. The van der Waals surface area contributed by atoms with Gasteiger partial charge in [-0.1, -0.05) is 13.3 Å². The molecule has 0 aromatic rings. The maximum Gasteiger partial charge on any atom is 0.236 e. The van der Waals surface area contributed by atoms with E-state index in [9.17, 15) is 4.79 Å². The van der Waals surface area contributed by atoms with E-state index in [-0.39, 0.29) is 12.5 Å². The van der Waals surface area contributed by atoms with Crippen molar-refractivity contribution < 1.29 is 9.90 Å². The van der Waals surface area contributed by atoms with Gasteiger partial charge in [0, 0.05) is 19.7 Å². The van der Waals surface area contributed by atoms with Gasteiger partial charge in [-0.15, -0.1) is 0 Å². The van der Waals surface area contributed by atoms with Crippen molar-refractivity contribution in [2.24, 2.45) is 5.92 Å². The first kappa shape index (κ1) is 15.4. The van der Waals surface area contributed by atoms with Gasteiger partial charge >= 0.3 is 0 Å². The Morgan fingerprint density at radius 2 is 2.00 bits per heavy atom. The number of amides is 1. The predicted octanol–water partition coefficient (Wildman–Crippen LogP) is 1.39. The molecular weight excluding hydrogens is 228 g/mol. The smallest absolute Gasteiger partial charge is 0.236 e. The molecule has 1 aliphatic rings. The predicted molar refractivity (Wildman–Crippen MR) is 73.4 cm³/mol. The van der Waals surface area contributed by atoms with Crippen molar-refractivity contribution in [1.29, 1.82) is 0 Å². The molecule has 0 radical (unpaired) electrons. The molecule has 0 bridgehead atoms. The van der Waals surface area contributed by atoms with Gasteiger partial charge in [-0.25, -0.2) is 0 Å². The molecule has 0 saturated carbocycles. The standard InChI is InChI=1S/C14H28N2O2/c1-2-6-13(7-10-17)11-15-12-14(18)16-8-4-3-5-9-16/h13,15,17H,2-12H2,1H3. The summed E-state index contributed by atoms with van der Waals surface area (Å²) in [5.41, 5.74) is 0. The van der Waals surface area contributed by atoms with E-state index in [1.807, 2.05) is 4.90 Å². The lowest BCUT2D eigenvalue weighted by molar-refractivity contribution is -0.131. The molecule has 0 spiro atoms. The molecular formula is C14H28N2O2. The molecule has 1 aliphatic heterocycles. The second-order valence-corrected chi connectivity index (χ2v) is 5.24. The quantitative estimate of drug-likeness (QED) is 0.690. The molecule has 1 saturated heterocycles. The molecule has 1 heterocycles. The van der Waals surface area contributed by atoms with Crippen molar-refractivity contribution in [2.75, 3.05) is 32.8 Å². The monoisotopic (exact) mass is 256 g/mol. The van der Waals surface area contributed by atoms with Crippen LogP contribution in [-0.2, 0) is 4.79 Å². The fourth-order valence-corrected chi connectivity index (χ4v) is 2.58. The van der Waals surface area contributed by atoms with E-state index in [1.165, 1.54) is 6.42 Å². The minimum Gasteiger partial charge on any atom is -0.396 e. The van der Waals surface area contributed by atoms with Crippen LogP contribution in [0, 0.1) is 5.92 Å². The second kappa shape index (κ2) is 9.34. The van der Waals surface area contributed by atoms with E-state index in [1.54, 1.807) is 0 Å². The van der Waals surface area contributed by atoms with Crippen LogP contribution in [0.15, 0.2) is 0 Å². The molecule has 1 amide bonds. The van der Waals surface area contributed by atoms with Crippen LogP contribution < -0.4 is 5.32 Å². The van der Waals surface area contributed by atoms with Crippen molar-refractivity contribution in [2.45, 2.75) is 45.4 Å². The molecule has 2 N–H and O–H groups in total. The fraction of sp³-hybridized carbons (Fsp3) is 0.929. The highest BCUT2D eigenvalue weighted by atomic mass is 16.3. The van der Waals surface area contributed by atoms with E-state index in [4.69, 9.17) is 5.11 Å². The number of likely N-dealkylation sites (tertiary alicyclic amines) is 1. The topological polar surface area (TPSA) is 52.6 Å². The van der Waals surface area contributed by atoms with E-state index in [2.05, 4.69) is 12.2 Å². The minimum absolute atomic E-state index is 0.231. The summed E-state index contributed by atoms with van der Waals surface area (Å²) in [5, 5.41) is 12.2. The van der Waals surface area contributed by atoms with Crippen LogP contribution >= 0.6 is 0 Å². The first-order valence-electron chi connectivity index (χ1n) is 7.37. The largest absolute Gasteiger partial charge is 0.396 e. The summed E-state index contributed by atoms with van der Waals surface area (Å²) in [6.45, 7) is 5.54. The highest BCUT2D eigenvalue weighted by Gasteiger charge is 2.16. The number of hydrogen-bond acceptors (Lipinski definition) is 3. The number of carbonyl (C=O) groups excluding carboxylic acids is 1. The molecule has 4 nitrogen and oxygen atoms in total. The number of aliphatic hydroxyl groups excluding tert-OH is 1. The van der Waals surface area contributed by atoms with E-state index in [0.717, 1.165) is 51.7 Å². The zero-order valence-electron chi connectivity index (χ0n) is 11.7. The third-order valence-electron chi connectivity index (χ3n) is 3.65. The van der Waals surface area contributed by atoms with Crippen LogP contribution in [0.2, 0.25) is 0 Å². The summed E-state index contributed by atoms with van der Waals surface area (Å²) in [6, 6.07) is 0. The maximum atomic E-state index is 11.9. The van der Waals surface area contributed by atoms with Crippen molar-refractivity contribution >= 4 is 5.91 Å². The summed E-state index contributed by atoms with van der Waals surface area (Å²) < 4.78 is 0. The van der Waals surface area contributed by atoms with Gasteiger partial charge < -0.3 is 15.3 Å². The van der Waals surface area contributed by atoms with Crippen LogP contribution in [0.5, 0.6) is 0 Å².